The van der Waals surface area contributed by atoms with Crippen molar-refractivity contribution in [2.24, 2.45) is 0 Å². The molecule has 0 spiro atoms. The molecule has 1 N–H and O–H groups in total. The Morgan fingerprint density at radius 3 is 2.79 bits per heavy atom. The van der Waals surface area contributed by atoms with Crippen LogP contribution in [-0.2, 0) is 0 Å². The minimum atomic E-state index is -0.122. The summed E-state index contributed by atoms with van der Waals surface area (Å²) in [4.78, 5) is 12.3. The molecule has 74 valence electrons. The van der Waals surface area contributed by atoms with Gasteiger partial charge in [-0.25, -0.2) is 0 Å². The predicted octanol–water partition coefficient (Wildman–Crippen LogP) is 2.28. The highest BCUT2D eigenvalue weighted by atomic mass is 32.1. The van der Waals surface area contributed by atoms with Crippen molar-refractivity contribution in [3.05, 3.63) is 42.5 Å². The Balaban J connectivity index is 2.80. The predicted molar refractivity (Wildman–Crippen MR) is 60.8 cm³/mol. The van der Waals surface area contributed by atoms with E-state index in [-0.39, 0.29) is 11.9 Å². The minimum absolute atomic E-state index is 0.0320. The maximum atomic E-state index is 11.6. The van der Waals surface area contributed by atoms with Gasteiger partial charge in [-0.2, -0.15) is 0 Å². The first-order valence-electron chi connectivity index (χ1n) is 4.36. The summed E-state index contributed by atoms with van der Waals surface area (Å²) in [5.41, 5.74) is 0.588. The number of rotatable bonds is 3. The second-order valence-electron chi connectivity index (χ2n) is 3.01. The number of amides is 1. The molecule has 0 aliphatic heterocycles. The third-order valence-corrected chi connectivity index (χ3v) is 2.25. The third-order valence-electron chi connectivity index (χ3n) is 1.86. The van der Waals surface area contributed by atoms with Crippen LogP contribution in [0.4, 0.5) is 0 Å². The lowest BCUT2D eigenvalue weighted by Crippen LogP contribution is -2.31. The molecule has 1 rings (SSSR count). The zero-order chi connectivity index (χ0) is 10.6. The molecular formula is C11H13NOS. The number of nitrogens with one attached hydrogen (secondary N) is 1. The summed E-state index contributed by atoms with van der Waals surface area (Å²) in [6.45, 7) is 5.46. The van der Waals surface area contributed by atoms with E-state index in [4.69, 9.17) is 0 Å². The van der Waals surface area contributed by atoms with Crippen molar-refractivity contribution in [2.75, 3.05) is 0 Å². The van der Waals surface area contributed by atoms with Gasteiger partial charge in [-0.15, -0.1) is 19.2 Å². The first-order valence-corrected chi connectivity index (χ1v) is 4.81. The van der Waals surface area contributed by atoms with Crippen LogP contribution in [0.3, 0.4) is 0 Å². The molecule has 1 aromatic rings. The van der Waals surface area contributed by atoms with Gasteiger partial charge in [0.05, 0.1) is 5.56 Å². The van der Waals surface area contributed by atoms with Crippen molar-refractivity contribution in [3.63, 3.8) is 0 Å². The molecular weight excluding hydrogens is 194 g/mol. The SMILES string of the molecule is C=CC(C)NC(=O)c1ccccc1S. The van der Waals surface area contributed by atoms with Crippen LogP contribution in [0.1, 0.15) is 17.3 Å². The number of thiol groups is 1. The number of hydrogen-bond donors (Lipinski definition) is 2. The molecule has 0 saturated carbocycles. The fourth-order valence-corrected chi connectivity index (χ4v) is 1.27. The Bertz CT molecular complexity index is 349. The van der Waals surface area contributed by atoms with Crippen molar-refractivity contribution < 1.29 is 4.79 Å². The molecule has 2 nitrogen and oxygen atoms in total. The van der Waals surface area contributed by atoms with Crippen LogP contribution in [0.2, 0.25) is 0 Å². The molecule has 0 aliphatic rings. The van der Waals surface area contributed by atoms with Gasteiger partial charge in [-0.1, -0.05) is 18.2 Å². The average Bonchev–Trinajstić information content (AvgIpc) is 2.18. The molecule has 0 radical (unpaired) electrons. The van der Waals surface area contributed by atoms with Crippen molar-refractivity contribution in [3.8, 4) is 0 Å². The molecule has 1 aromatic carbocycles. The minimum Gasteiger partial charge on any atom is -0.346 e. The molecule has 0 saturated heterocycles. The molecule has 1 atom stereocenters. The van der Waals surface area contributed by atoms with Crippen molar-refractivity contribution in [1.29, 1.82) is 0 Å². The van der Waals surface area contributed by atoms with Crippen LogP contribution < -0.4 is 5.32 Å². The zero-order valence-electron chi connectivity index (χ0n) is 8.03. The van der Waals surface area contributed by atoms with Gasteiger partial charge in [0, 0.05) is 10.9 Å². The smallest absolute Gasteiger partial charge is 0.252 e. The van der Waals surface area contributed by atoms with Gasteiger partial charge >= 0.3 is 0 Å². The van der Waals surface area contributed by atoms with Crippen LogP contribution in [0, 0.1) is 0 Å². The largest absolute Gasteiger partial charge is 0.346 e. The van der Waals surface area contributed by atoms with E-state index in [1.807, 2.05) is 19.1 Å². The Labute approximate surface area is 89.4 Å². The Hall–Kier alpha value is -1.22. The fourth-order valence-electron chi connectivity index (χ4n) is 1.01. The van der Waals surface area contributed by atoms with Crippen LogP contribution >= 0.6 is 12.6 Å². The van der Waals surface area contributed by atoms with E-state index >= 15 is 0 Å². The van der Waals surface area contributed by atoms with Gasteiger partial charge in [0.15, 0.2) is 0 Å². The van der Waals surface area contributed by atoms with Crippen LogP contribution in [0.15, 0.2) is 41.8 Å². The number of carbonyl (C=O) groups excluding carboxylic acids is 1. The highest BCUT2D eigenvalue weighted by Gasteiger charge is 2.09. The summed E-state index contributed by atoms with van der Waals surface area (Å²) in [5.74, 6) is -0.122. The fraction of sp³-hybridized carbons (Fsp3) is 0.182. The summed E-state index contributed by atoms with van der Waals surface area (Å²) < 4.78 is 0. The molecule has 1 amide bonds. The second kappa shape index (κ2) is 4.86. The summed E-state index contributed by atoms with van der Waals surface area (Å²) >= 11 is 4.20. The van der Waals surface area contributed by atoms with Gasteiger partial charge in [0.25, 0.3) is 5.91 Å². The normalized spacial score (nSPS) is 11.9. The number of carbonyl (C=O) groups is 1. The van der Waals surface area contributed by atoms with Crippen LogP contribution in [-0.4, -0.2) is 11.9 Å². The summed E-state index contributed by atoms with van der Waals surface area (Å²) in [5, 5.41) is 2.78. The lowest BCUT2D eigenvalue weighted by molar-refractivity contribution is 0.0944. The van der Waals surface area contributed by atoms with Gasteiger partial charge in [0.2, 0.25) is 0 Å². The van der Waals surface area contributed by atoms with E-state index in [2.05, 4.69) is 24.5 Å². The van der Waals surface area contributed by atoms with Gasteiger partial charge in [-0.05, 0) is 19.1 Å². The highest BCUT2D eigenvalue weighted by Crippen LogP contribution is 2.12. The third kappa shape index (κ3) is 2.64. The average molecular weight is 207 g/mol. The zero-order valence-corrected chi connectivity index (χ0v) is 8.92. The van der Waals surface area contributed by atoms with E-state index in [9.17, 15) is 4.79 Å². The molecule has 3 heteroatoms. The maximum Gasteiger partial charge on any atom is 0.252 e. The molecule has 0 heterocycles. The topological polar surface area (TPSA) is 29.1 Å². The van der Waals surface area contributed by atoms with E-state index in [1.165, 1.54) is 0 Å². The van der Waals surface area contributed by atoms with Crippen molar-refractivity contribution in [1.82, 2.24) is 5.32 Å². The number of benzene rings is 1. The van der Waals surface area contributed by atoms with Gasteiger partial charge < -0.3 is 5.32 Å². The number of hydrogen-bond acceptors (Lipinski definition) is 2. The molecule has 1 unspecified atom stereocenters. The lowest BCUT2D eigenvalue weighted by atomic mass is 10.2. The van der Waals surface area contributed by atoms with Crippen molar-refractivity contribution in [2.45, 2.75) is 17.9 Å². The maximum absolute atomic E-state index is 11.6. The molecule has 0 aromatic heterocycles. The Morgan fingerprint density at radius 1 is 1.57 bits per heavy atom. The summed E-state index contributed by atoms with van der Waals surface area (Å²) in [6.07, 6.45) is 1.68. The van der Waals surface area contributed by atoms with Gasteiger partial charge in [0.1, 0.15) is 0 Å². The van der Waals surface area contributed by atoms with Crippen molar-refractivity contribution >= 4 is 18.5 Å². The quantitative estimate of drug-likeness (QED) is 0.578. The molecule has 0 bridgehead atoms. The van der Waals surface area contributed by atoms with E-state index in [0.717, 1.165) is 0 Å². The standard InChI is InChI=1S/C11H13NOS/c1-3-8(2)12-11(13)9-6-4-5-7-10(9)14/h3-8,14H,1H2,2H3,(H,12,13). The highest BCUT2D eigenvalue weighted by molar-refractivity contribution is 7.80. The van der Waals surface area contributed by atoms with E-state index in [0.29, 0.717) is 10.5 Å². The molecule has 0 fully saturated rings. The lowest BCUT2D eigenvalue weighted by Gasteiger charge is -2.10. The molecule has 14 heavy (non-hydrogen) atoms. The summed E-state index contributed by atoms with van der Waals surface area (Å²) in [6, 6.07) is 7.16. The Kier molecular flexibility index (Phi) is 3.77. The summed E-state index contributed by atoms with van der Waals surface area (Å²) in [7, 11) is 0. The first kappa shape index (κ1) is 10.9. The monoisotopic (exact) mass is 207 g/mol. The van der Waals surface area contributed by atoms with Gasteiger partial charge in [-0.3, -0.25) is 4.79 Å². The van der Waals surface area contributed by atoms with E-state index < -0.39 is 0 Å². The van der Waals surface area contributed by atoms with E-state index in [1.54, 1.807) is 18.2 Å². The molecule has 0 aliphatic carbocycles. The Morgan fingerprint density at radius 2 is 2.21 bits per heavy atom. The second-order valence-corrected chi connectivity index (χ2v) is 3.50. The van der Waals surface area contributed by atoms with Crippen LogP contribution in [0.25, 0.3) is 0 Å². The van der Waals surface area contributed by atoms with Crippen LogP contribution in [0.5, 0.6) is 0 Å². The first-order chi connectivity index (χ1) is 6.65.